The summed E-state index contributed by atoms with van der Waals surface area (Å²) in [4.78, 5) is 24.9. The summed E-state index contributed by atoms with van der Waals surface area (Å²) >= 11 is 1.30. The number of rotatable bonds is 6. The van der Waals surface area contributed by atoms with Gasteiger partial charge in [-0.25, -0.2) is 4.79 Å². The van der Waals surface area contributed by atoms with Gasteiger partial charge in [0.25, 0.3) is 5.91 Å². The molecular weight excluding hydrogens is 266 g/mol. The van der Waals surface area contributed by atoms with Crippen molar-refractivity contribution in [2.75, 3.05) is 20.8 Å². The minimum atomic E-state index is -1.04. The van der Waals surface area contributed by atoms with Gasteiger partial charge in [0.2, 0.25) is 0 Å². The van der Waals surface area contributed by atoms with Crippen LogP contribution in [0.4, 0.5) is 0 Å². The zero-order valence-electron chi connectivity index (χ0n) is 11.1. The number of aliphatic carboxylic acids is 1. The molecule has 1 heterocycles. The van der Waals surface area contributed by atoms with E-state index in [2.05, 4.69) is 0 Å². The molecule has 19 heavy (non-hydrogen) atoms. The largest absolute Gasteiger partial charge is 0.478 e. The van der Waals surface area contributed by atoms with E-state index in [1.54, 1.807) is 30.5 Å². The SMILES string of the molecule is COCC(C)N(C)C(=O)c1sccc1/C=C/C(=O)O. The van der Waals surface area contributed by atoms with Crippen molar-refractivity contribution in [1.82, 2.24) is 4.90 Å². The van der Waals surface area contributed by atoms with E-state index >= 15 is 0 Å². The number of thiophene rings is 1. The maximum absolute atomic E-state index is 12.3. The van der Waals surface area contributed by atoms with Crippen LogP contribution in [0.5, 0.6) is 0 Å². The molecule has 1 unspecified atom stereocenters. The van der Waals surface area contributed by atoms with E-state index in [1.165, 1.54) is 17.4 Å². The van der Waals surface area contributed by atoms with E-state index in [-0.39, 0.29) is 11.9 Å². The van der Waals surface area contributed by atoms with Crippen LogP contribution in [-0.2, 0) is 9.53 Å². The Morgan fingerprint density at radius 1 is 1.58 bits per heavy atom. The Bertz CT molecular complexity index is 481. The Morgan fingerprint density at radius 3 is 2.84 bits per heavy atom. The van der Waals surface area contributed by atoms with Crippen LogP contribution in [0.3, 0.4) is 0 Å². The first-order chi connectivity index (χ1) is 8.97. The predicted molar refractivity (Wildman–Crippen MR) is 74.4 cm³/mol. The van der Waals surface area contributed by atoms with E-state index in [4.69, 9.17) is 9.84 Å². The molecule has 1 atom stereocenters. The molecule has 0 saturated heterocycles. The maximum atomic E-state index is 12.3. The molecule has 0 fully saturated rings. The van der Waals surface area contributed by atoms with Gasteiger partial charge < -0.3 is 14.7 Å². The number of ether oxygens (including phenoxy) is 1. The van der Waals surface area contributed by atoms with Gasteiger partial charge in [0.05, 0.1) is 17.5 Å². The zero-order valence-corrected chi connectivity index (χ0v) is 11.9. The number of nitrogens with zero attached hydrogens (tertiary/aromatic N) is 1. The molecule has 0 aliphatic heterocycles. The molecule has 1 rings (SSSR count). The summed E-state index contributed by atoms with van der Waals surface area (Å²) < 4.78 is 5.02. The van der Waals surface area contributed by atoms with Gasteiger partial charge in [-0.3, -0.25) is 4.79 Å². The number of carboxylic acids is 1. The second-order valence-electron chi connectivity index (χ2n) is 4.10. The van der Waals surface area contributed by atoms with Crippen LogP contribution in [0.15, 0.2) is 17.5 Å². The van der Waals surface area contributed by atoms with Crippen molar-refractivity contribution >= 4 is 29.3 Å². The van der Waals surface area contributed by atoms with Crippen molar-refractivity contribution in [2.45, 2.75) is 13.0 Å². The smallest absolute Gasteiger partial charge is 0.328 e. The minimum Gasteiger partial charge on any atom is -0.478 e. The second kappa shape index (κ2) is 7.06. The number of methoxy groups -OCH3 is 1. The molecule has 0 aliphatic rings. The van der Waals surface area contributed by atoms with Crippen LogP contribution in [0.1, 0.15) is 22.2 Å². The summed E-state index contributed by atoms with van der Waals surface area (Å²) in [6, 6.07) is 1.68. The molecule has 0 bridgehead atoms. The number of carboxylic acid groups (broad SMARTS) is 1. The number of amides is 1. The van der Waals surface area contributed by atoms with Gasteiger partial charge in [-0.1, -0.05) is 0 Å². The minimum absolute atomic E-state index is 0.0455. The average Bonchev–Trinajstić information content (AvgIpc) is 2.83. The summed E-state index contributed by atoms with van der Waals surface area (Å²) in [5.74, 6) is -1.17. The third-order valence-electron chi connectivity index (χ3n) is 2.68. The molecule has 1 aromatic rings. The standard InChI is InChI=1S/C13H17NO4S/c1-9(8-18-3)14(2)13(17)12-10(6-7-19-12)4-5-11(15)16/h4-7,9H,8H2,1-3H3,(H,15,16)/b5-4+. The second-order valence-corrected chi connectivity index (χ2v) is 5.01. The third kappa shape index (κ3) is 4.18. The van der Waals surface area contributed by atoms with Crippen LogP contribution in [0.25, 0.3) is 6.08 Å². The van der Waals surface area contributed by atoms with E-state index in [9.17, 15) is 9.59 Å². The lowest BCUT2D eigenvalue weighted by Gasteiger charge is -2.24. The molecule has 0 radical (unpaired) electrons. The zero-order chi connectivity index (χ0) is 14.4. The van der Waals surface area contributed by atoms with Crippen LogP contribution < -0.4 is 0 Å². The highest BCUT2D eigenvalue weighted by molar-refractivity contribution is 7.12. The Balaban J connectivity index is 2.88. The fourth-order valence-corrected chi connectivity index (χ4v) is 2.37. The first kappa shape index (κ1) is 15.4. The summed E-state index contributed by atoms with van der Waals surface area (Å²) in [6.45, 7) is 2.34. The van der Waals surface area contributed by atoms with Gasteiger partial charge in [0.1, 0.15) is 0 Å². The summed E-state index contributed by atoms with van der Waals surface area (Å²) in [6.07, 6.45) is 2.46. The molecule has 0 saturated carbocycles. The Hall–Kier alpha value is -1.66. The molecule has 6 heteroatoms. The van der Waals surface area contributed by atoms with Crippen molar-refractivity contribution in [1.29, 1.82) is 0 Å². The van der Waals surface area contributed by atoms with Gasteiger partial charge in [-0.05, 0) is 30.0 Å². The monoisotopic (exact) mass is 283 g/mol. The van der Waals surface area contributed by atoms with Crippen molar-refractivity contribution in [3.8, 4) is 0 Å². The fraction of sp³-hybridized carbons (Fsp3) is 0.385. The maximum Gasteiger partial charge on any atom is 0.328 e. The van der Waals surface area contributed by atoms with Crippen molar-refractivity contribution < 1.29 is 19.4 Å². The van der Waals surface area contributed by atoms with E-state index < -0.39 is 5.97 Å². The number of carbonyl (C=O) groups excluding carboxylic acids is 1. The summed E-state index contributed by atoms with van der Waals surface area (Å²) in [5.41, 5.74) is 0.619. The van der Waals surface area contributed by atoms with Gasteiger partial charge in [-0.15, -0.1) is 11.3 Å². The van der Waals surface area contributed by atoms with Crippen LogP contribution in [-0.4, -0.2) is 48.7 Å². The quantitative estimate of drug-likeness (QED) is 0.810. The lowest BCUT2D eigenvalue weighted by Crippen LogP contribution is -2.37. The van der Waals surface area contributed by atoms with Crippen molar-refractivity contribution in [3.05, 3.63) is 28.0 Å². The molecule has 0 spiro atoms. The van der Waals surface area contributed by atoms with E-state index in [0.29, 0.717) is 17.0 Å². The van der Waals surface area contributed by atoms with E-state index in [0.717, 1.165) is 6.08 Å². The summed E-state index contributed by atoms with van der Waals surface area (Å²) in [7, 11) is 3.29. The van der Waals surface area contributed by atoms with Crippen LogP contribution in [0, 0.1) is 0 Å². The first-order valence-corrected chi connectivity index (χ1v) is 6.60. The highest BCUT2D eigenvalue weighted by Crippen LogP contribution is 2.21. The first-order valence-electron chi connectivity index (χ1n) is 5.72. The van der Waals surface area contributed by atoms with Gasteiger partial charge >= 0.3 is 5.97 Å². The molecule has 0 aromatic carbocycles. The fourth-order valence-electron chi connectivity index (χ4n) is 1.50. The van der Waals surface area contributed by atoms with Gasteiger partial charge in [0.15, 0.2) is 0 Å². The molecular formula is C13H17NO4S. The van der Waals surface area contributed by atoms with E-state index in [1.807, 2.05) is 6.92 Å². The highest BCUT2D eigenvalue weighted by Gasteiger charge is 2.20. The van der Waals surface area contributed by atoms with Crippen molar-refractivity contribution in [2.24, 2.45) is 0 Å². The predicted octanol–water partition coefficient (Wildman–Crippen LogP) is 1.95. The lowest BCUT2D eigenvalue weighted by atomic mass is 10.2. The Morgan fingerprint density at radius 2 is 2.26 bits per heavy atom. The third-order valence-corrected chi connectivity index (χ3v) is 3.60. The Labute approximate surface area is 116 Å². The van der Waals surface area contributed by atoms with Crippen LogP contribution in [0.2, 0.25) is 0 Å². The van der Waals surface area contributed by atoms with Crippen molar-refractivity contribution in [3.63, 3.8) is 0 Å². The normalized spacial score (nSPS) is 12.6. The van der Waals surface area contributed by atoms with Crippen LogP contribution >= 0.6 is 11.3 Å². The molecule has 1 N–H and O–H groups in total. The topological polar surface area (TPSA) is 66.8 Å². The Kier molecular flexibility index (Phi) is 5.72. The highest BCUT2D eigenvalue weighted by atomic mass is 32.1. The number of likely N-dealkylation sites (N-methyl/N-ethyl adjacent to an activating group) is 1. The molecule has 104 valence electrons. The van der Waals surface area contributed by atoms with Gasteiger partial charge in [-0.2, -0.15) is 0 Å². The number of carbonyl (C=O) groups is 2. The molecule has 0 aliphatic carbocycles. The number of hydrogen-bond donors (Lipinski definition) is 1. The van der Waals surface area contributed by atoms with Gasteiger partial charge in [0, 0.05) is 20.2 Å². The number of hydrogen-bond acceptors (Lipinski definition) is 4. The lowest BCUT2D eigenvalue weighted by molar-refractivity contribution is -0.131. The molecule has 5 nitrogen and oxygen atoms in total. The summed E-state index contributed by atoms with van der Waals surface area (Å²) in [5, 5.41) is 10.4. The average molecular weight is 283 g/mol. The molecule has 1 aromatic heterocycles. The molecule has 1 amide bonds.